The van der Waals surface area contributed by atoms with Gasteiger partial charge in [-0.25, -0.2) is 0 Å². The summed E-state index contributed by atoms with van der Waals surface area (Å²) in [5.41, 5.74) is 0.529. The summed E-state index contributed by atoms with van der Waals surface area (Å²) in [6.07, 6.45) is 1.57. The average molecular weight is 380 g/mol. The number of likely N-dealkylation sites (N-methyl/N-ethyl adjacent to an activating group) is 1. The molecular formula is C20H33N3O4. The summed E-state index contributed by atoms with van der Waals surface area (Å²) in [6, 6.07) is 5.77. The molecule has 2 rings (SSSR count). The van der Waals surface area contributed by atoms with Crippen molar-refractivity contribution in [2.24, 2.45) is 5.41 Å². The molecule has 0 radical (unpaired) electrons. The number of amides is 1. The van der Waals surface area contributed by atoms with E-state index in [1.54, 1.807) is 14.2 Å². The fourth-order valence-corrected chi connectivity index (χ4v) is 3.27. The second kappa shape index (κ2) is 10.5. The van der Waals surface area contributed by atoms with Gasteiger partial charge < -0.3 is 29.7 Å². The first-order valence-corrected chi connectivity index (χ1v) is 9.43. The topological polar surface area (TPSA) is 72.1 Å². The lowest BCUT2D eigenvalue weighted by atomic mass is 9.78. The molecule has 152 valence electrons. The van der Waals surface area contributed by atoms with Gasteiger partial charge in [-0.3, -0.25) is 4.79 Å². The standard InChI is InChI=1S/C20H33N3O4/c1-23(2)11-12-27-17-6-5-16(13-18(17)26-4)14-22-19(24)20(15-25-3)7-9-21-10-8-20/h5-6,13,21H,7-12,14-15H2,1-4H3,(H,22,24). The first-order chi connectivity index (χ1) is 13.0. The van der Waals surface area contributed by atoms with Crippen molar-refractivity contribution in [1.82, 2.24) is 15.5 Å². The Labute approximate surface area is 162 Å². The molecule has 1 aromatic carbocycles. The van der Waals surface area contributed by atoms with Crippen LogP contribution in [0.1, 0.15) is 18.4 Å². The van der Waals surface area contributed by atoms with Gasteiger partial charge in [0.15, 0.2) is 11.5 Å². The number of piperidine rings is 1. The van der Waals surface area contributed by atoms with Crippen LogP contribution in [-0.2, 0) is 16.1 Å². The molecule has 1 saturated heterocycles. The molecule has 2 N–H and O–H groups in total. The van der Waals surface area contributed by atoms with Crippen LogP contribution < -0.4 is 20.1 Å². The van der Waals surface area contributed by atoms with Gasteiger partial charge in [-0.05, 0) is 57.7 Å². The number of nitrogens with one attached hydrogen (secondary N) is 2. The molecule has 0 atom stereocenters. The van der Waals surface area contributed by atoms with Gasteiger partial charge in [0, 0.05) is 20.2 Å². The van der Waals surface area contributed by atoms with Crippen molar-refractivity contribution in [2.45, 2.75) is 19.4 Å². The maximum absolute atomic E-state index is 12.8. The van der Waals surface area contributed by atoms with E-state index < -0.39 is 5.41 Å². The van der Waals surface area contributed by atoms with Gasteiger partial charge >= 0.3 is 0 Å². The lowest BCUT2D eigenvalue weighted by Crippen LogP contribution is -2.49. The molecule has 0 saturated carbocycles. The minimum absolute atomic E-state index is 0.0520. The number of nitrogens with zero attached hydrogens (tertiary/aromatic N) is 1. The number of rotatable bonds is 10. The van der Waals surface area contributed by atoms with Gasteiger partial charge in [0.25, 0.3) is 0 Å². The van der Waals surface area contributed by atoms with Gasteiger partial charge in [0.05, 0.1) is 19.1 Å². The van der Waals surface area contributed by atoms with Crippen LogP contribution >= 0.6 is 0 Å². The van der Waals surface area contributed by atoms with Crippen molar-refractivity contribution in [3.05, 3.63) is 23.8 Å². The van der Waals surface area contributed by atoms with Gasteiger partial charge in [-0.15, -0.1) is 0 Å². The number of hydrogen-bond donors (Lipinski definition) is 2. The van der Waals surface area contributed by atoms with Gasteiger partial charge in [0.2, 0.25) is 5.91 Å². The van der Waals surface area contributed by atoms with E-state index in [9.17, 15) is 4.79 Å². The molecule has 0 aliphatic carbocycles. The molecule has 1 amide bonds. The summed E-state index contributed by atoms with van der Waals surface area (Å²) in [4.78, 5) is 14.9. The highest BCUT2D eigenvalue weighted by molar-refractivity contribution is 5.83. The zero-order chi connectivity index (χ0) is 19.7. The number of ether oxygens (including phenoxy) is 3. The Balaban J connectivity index is 1.97. The SMILES string of the molecule is COCC1(C(=O)NCc2ccc(OCCN(C)C)c(OC)c2)CCNCC1. The molecule has 0 aromatic heterocycles. The van der Waals surface area contributed by atoms with Crippen LogP contribution in [0.5, 0.6) is 11.5 Å². The molecule has 0 unspecified atom stereocenters. The van der Waals surface area contributed by atoms with E-state index in [0.717, 1.165) is 38.0 Å². The summed E-state index contributed by atoms with van der Waals surface area (Å²) < 4.78 is 16.6. The zero-order valence-electron chi connectivity index (χ0n) is 17.0. The monoisotopic (exact) mass is 379 g/mol. The largest absolute Gasteiger partial charge is 0.493 e. The molecule has 1 aromatic rings. The van der Waals surface area contributed by atoms with Crippen LogP contribution in [0.25, 0.3) is 0 Å². The quantitative estimate of drug-likeness (QED) is 0.638. The summed E-state index contributed by atoms with van der Waals surface area (Å²) in [6.45, 7) is 3.99. The molecule has 1 aliphatic heterocycles. The Morgan fingerprint density at radius 2 is 1.96 bits per heavy atom. The van der Waals surface area contributed by atoms with Crippen LogP contribution in [0.4, 0.5) is 0 Å². The molecule has 1 aliphatic rings. The Bertz CT molecular complexity index is 595. The first kappa shape index (κ1) is 21.5. The van der Waals surface area contributed by atoms with Crippen molar-refractivity contribution < 1.29 is 19.0 Å². The molecular weight excluding hydrogens is 346 g/mol. The minimum atomic E-state index is -0.445. The Morgan fingerprint density at radius 3 is 2.59 bits per heavy atom. The Hall–Kier alpha value is -1.83. The van der Waals surface area contributed by atoms with E-state index in [0.29, 0.717) is 31.3 Å². The number of methoxy groups -OCH3 is 2. The molecule has 7 nitrogen and oxygen atoms in total. The van der Waals surface area contributed by atoms with Crippen molar-refractivity contribution in [2.75, 3.05) is 61.2 Å². The van der Waals surface area contributed by atoms with Gasteiger partial charge in [-0.2, -0.15) is 0 Å². The third-order valence-electron chi connectivity index (χ3n) is 4.94. The molecule has 1 fully saturated rings. The zero-order valence-corrected chi connectivity index (χ0v) is 17.0. The average Bonchev–Trinajstić information content (AvgIpc) is 2.67. The number of benzene rings is 1. The minimum Gasteiger partial charge on any atom is -0.493 e. The van der Waals surface area contributed by atoms with E-state index in [2.05, 4.69) is 15.5 Å². The molecule has 0 spiro atoms. The van der Waals surface area contributed by atoms with Gasteiger partial charge in [-0.1, -0.05) is 6.07 Å². The molecule has 27 heavy (non-hydrogen) atoms. The summed E-state index contributed by atoms with van der Waals surface area (Å²) in [5.74, 6) is 1.44. The maximum atomic E-state index is 12.8. The van der Waals surface area contributed by atoms with E-state index in [1.165, 1.54) is 0 Å². The van der Waals surface area contributed by atoms with E-state index in [-0.39, 0.29) is 5.91 Å². The van der Waals surface area contributed by atoms with Crippen molar-refractivity contribution in [3.8, 4) is 11.5 Å². The normalized spacial score (nSPS) is 16.2. The van der Waals surface area contributed by atoms with E-state index >= 15 is 0 Å². The molecule has 0 bridgehead atoms. The van der Waals surface area contributed by atoms with Crippen molar-refractivity contribution in [3.63, 3.8) is 0 Å². The van der Waals surface area contributed by atoms with Crippen LogP contribution in [0.2, 0.25) is 0 Å². The third-order valence-corrected chi connectivity index (χ3v) is 4.94. The predicted octanol–water partition coefficient (Wildman–Crippen LogP) is 1.27. The highest BCUT2D eigenvalue weighted by Crippen LogP contribution is 2.30. The number of carbonyl (C=O) groups excluding carboxylic acids is 1. The smallest absolute Gasteiger partial charge is 0.228 e. The Morgan fingerprint density at radius 1 is 1.22 bits per heavy atom. The number of carbonyl (C=O) groups is 1. The van der Waals surface area contributed by atoms with E-state index in [1.807, 2.05) is 32.3 Å². The summed E-state index contributed by atoms with van der Waals surface area (Å²) in [5, 5.41) is 6.38. The van der Waals surface area contributed by atoms with E-state index in [4.69, 9.17) is 14.2 Å². The fourth-order valence-electron chi connectivity index (χ4n) is 3.27. The van der Waals surface area contributed by atoms with Crippen molar-refractivity contribution >= 4 is 5.91 Å². The van der Waals surface area contributed by atoms with Crippen molar-refractivity contribution in [1.29, 1.82) is 0 Å². The predicted molar refractivity (Wildman–Crippen MR) is 105 cm³/mol. The van der Waals surface area contributed by atoms with Crippen LogP contribution in [0.3, 0.4) is 0 Å². The highest BCUT2D eigenvalue weighted by atomic mass is 16.5. The third kappa shape index (κ3) is 6.09. The molecule has 1 heterocycles. The summed E-state index contributed by atoms with van der Waals surface area (Å²) >= 11 is 0. The van der Waals surface area contributed by atoms with Crippen LogP contribution in [-0.4, -0.2) is 72.0 Å². The Kier molecular flexibility index (Phi) is 8.34. The maximum Gasteiger partial charge on any atom is 0.228 e. The van der Waals surface area contributed by atoms with Crippen LogP contribution in [0.15, 0.2) is 18.2 Å². The molecule has 7 heteroatoms. The highest BCUT2D eigenvalue weighted by Gasteiger charge is 2.39. The van der Waals surface area contributed by atoms with Gasteiger partial charge in [0.1, 0.15) is 6.61 Å². The number of hydrogen-bond acceptors (Lipinski definition) is 6. The summed E-state index contributed by atoms with van der Waals surface area (Å²) in [7, 11) is 7.28. The van der Waals surface area contributed by atoms with Crippen LogP contribution in [0, 0.1) is 5.41 Å². The fraction of sp³-hybridized carbons (Fsp3) is 0.650. The second-order valence-corrected chi connectivity index (χ2v) is 7.28. The second-order valence-electron chi connectivity index (χ2n) is 7.28. The lowest BCUT2D eigenvalue weighted by Gasteiger charge is -2.35. The lowest BCUT2D eigenvalue weighted by molar-refractivity contribution is -0.136. The first-order valence-electron chi connectivity index (χ1n) is 9.43.